The first-order valence-electron chi connectivity index (χ1n) is 6.07. The van der Waals surface area contributed by atoms with Crippen LogP contribution in [0.15, 0.2) is 0 Å². The Labute approximate surface area is 156 Å². The van der Waals surface area contributed by atoms with Crippen molar-refractivity contribution in [2.75, 3.05) is 0 Å². The van der Waals surface area contributed by atoms with Crippen LogP contribution in [0.2, 0.25) is 0 Å². The van der Waals surface area contributed by atoms with E-state index in [0.29, 0.717) is 0 Å². The van der Waals surface area contributed by atoms with Crippen molar-refractivity contribution in [3.8, 4) is 0 Å². The number of nitrogens with one attached hydrogen (secondary N) is 1. The monoisotopic (exact) mass is 533 g/mol. The Hall–Kier alpha value is -1.39. The molecule has 31 heavy (non-hydrogen) atoms. The van der Waals surface area contributed by atoms with E-state index in [1.165, 1.54) is 4.39 Å². The number of halogens is 18. The second-order valence-corrected chi connectivity index (χ2v) is 6.38. The van der Waals surface area contributed by atoms with Crippen LogP contribution in [0, 0.1) is 0 Å². The lowest BCUT2D eigenvalue weighted by atomic mass is 9.90. The van der Waals surface area contributed by atoms with Gasteiger partial charge in [-0.15, -0.1) is 4.72 Å². The first-order chi connectivity index (χ1) is 13.0. The fourth-order valence-electron chi connectivity index (χ4n) is 1.40. The predicted molar refractivity (Wildman–Crippen MR) is 54.9 cm³/mol. The van der Waals surface area contributed by atoms with E-state index in [4.69, 9.17) is 0 Å². The van der Waals surface area contributed by atoms with Gasteiger partial charge in [0.05, 0.1) is 0 Å². The second kappa shape index (κ2) is 7.31. The molecule has 0 unspecified atom stereocenters. The van der Waals surface area contributed by atoms with Crippen molar-refractivity contribution in [1.82, 2.24) is 4.72 Å². The summed E-state index contributed by atoms with van der Waals surface area (Å²) >= 11 is 0. The van der Waals surface area contributed by atoms with E-state index < -0.39 is 62.8 Å². The van der Waals surface area contributed by atoms with Gasteiger partial charge >= 0.3 is 58.1 Å². The Morgan fingerprint density at radius 3 is 1.00 bits per heavy atom. The summed E-state index contributed by atoms with van der Waals surface area (Å²) in [5.74, 6) is -51.8. The van der Waals surface area contributed by atoms with Crippen LogP contribution in [0.5, 0.6) is 0 Å². The smallest absolute Gasteiger partial charge is 0.192 e. The average Bonchev–Trinajstić information content (AvgIpc) is 2.51. The summed E-state index contributed by atoms with van der Waals surface area (Å²) in [6.45, 7) is 0. The van der Waals surface area contributed by atoms with Gasteiger partial charge in [-0.2, -0.15) is 83.1 Å². The minimum absolute atomic E-state index is 1.24. The predicted octanol–water partition coefficient (Wildman–Crippen LogP) is 4.69. The third-order valence-corrected chi connectivity index (χ3v) is 3.73. The zero-order valence-electron chi connectivity index (χ0n) is 12.9. The highest BCUT2D eigenvalue weighted by Crippen LogP contribution is 2.63. The maximum atomic E-state index is 13.2. The molecule has 0 atom stereocenters. The normalized spacial score (nSPS) is 16.6. The fraction of sp³-hybridized carbons (Fsp3) is 1.00. The summed E-state index contributed by atoms with van der Waals surface area (Å²) in [5, 5.41) is 0. The van der Waals surface area contributed by atoms with E-state index in [0.717, 1.165) is 0 Å². The average molecular weight is 533 g/mol. The van der Waals surface area contributed by atoms with Crippen molar-refractivity contribution in [2.45, 2.75) is 47.8 Å². The quantitative estimate of drug-likeness (QED) is 0.346. The molecule has 0 radical (unpaired) electrons. The first-order valence-corrected chi connectivity index (χ1v) is 7.48. The molecule has 0 aliphatic heterocycles. The van der Waals surface area contributed by atoms with Gasteiger partial charge in [0, 0.05) is 0 Å². The van der Waals surface area contributed by atoms with E-state index in [-0.39, 0.29) is 0 Å². The third-order valence-electron chi connectivity index (χ3n) is 3.06. The zero-order valence-corrected chi connectivity index (χ0v) is 13.8. The van der Waals surface area contributed by atoms with Gasteiger partial charge in [-0.05, 0) is 4.53 Å². The van der Waals surface area contributed by atoms with Crippen molar-refractivity contribution in [3.05, 3.63) is 0 Å². The molecule has 0 aliphatic rings. The summed E-state index contributed by atoms with van der Waals surface area (Å²) in [4.78, 5) is 0. The van der Waals surface area contributed by atoms with Crippen LogP contribution in [0.3, 0.4) is 0 Å². The summed E-state index contributed by atoms with van der Waals surface area (Å²) in [7, 11) is -6.90. The summed E-state index contributed by atoms with van der Waals surface area (Å²) in [6, 6.07) is -7.53. The molecule has 0 heterocycles. The molecule has 1 N–H and O–H groups in total. The highest BCUT2D eigenvalue weighted by molar-refractivity contribution is 7.84. The molecule has 0 aromatic carbocycles. The molecule has 0 saturated heterocycles. The van der Waals surface area contributed by atoms with Gasteiger partial charge in [0.15, 0.2) is 0 Å². The largest absolute Gasteiger partial charge is 0.460 e. The number of hydrogen-bond donors (Lipinski definition) is 1. The molecule has 0 amide bonds. The van der Waals surface area contributed by atoms with Crippen LogP contribution in [0.1, 0.15) is 0 Å². The SMILES string of the molecule is O=S(=O)(NC(F)(F)C(F)(F)C(F)(F)C(F)(F)C(F)(F)C(F)(F)C(F)(F)C(F)(F)F)OF. The van der Waals surface area contributed by atoms with Crippen molar-refractivity contribution in [2.24, 2.45) is 0 Å². The van der Waals surface area contributed by atoms with Gasteiger partial charge in [0.25, 0.3) is 0 Å². The van der Waals surface area contributed by atoms with E-state index >= 15 is 0 Å². The molecule has 0 rings (SSSR count). The van der Waals surface area contributed by atoms with Gasteiger partial charge in [0.1, 0.15) is 0 Å². The number of alkyl halides is 17. The minimum Gasteiger partial charge on any atom is -0.192 e. The lowest BCUT2D eigenvalue weighted by Gasteiger charge is -2.42. The van der Waals surface area contributed by atoms with Gasteiger partial charge < -0.3 is 0 Å². The van der Waals surface area contributed by atoms with Gasteiger partial charge in [-0.25, -0.2) is 0 Å². The van der Waals surface area contributed by atoms with Crippen molar-refractivity contribution in [3.63, 3.8) is 0 Å². The minimum atomic E-state index is -8.88. The molecule has 0 bridgehead atoms. The molecule has 0 spiro atoms. The lowest BCUT2D eigenvalue weighted by Crippen LogP contribution is -2.75. The highest BCUT2D eigenvalue weighted by atomic mass is 32.2. The van der Waals surface area contributed by atoms with Crippen molar-refractivity contribution < 1.29 is 92.0 Å². The Morgan fingerprint density at radius 1 is 0.484 bits per heavy atom. The Kier molecular flexibility index (Phi) is 6.99. The maximum absolute atomic E-state index is 13.2. The van der Waals surface area contributed by atoms with Gasteiger partial charge in [-0.3, -0.25) is 0 Å². The van der Waals surface area contributed by atoms with E-state index in [1.807, 2.05) is 0 Å². The Balaban J connectivity index is 6.76. The number of rotatable bonds is 9. The van der Waals surface area contributed by atoms with Crippen LogP contribution in [0.25, 0.3) is 0 Å². The van der Waals surface area contributed by atoms with Crippen molar-refractivity contribution in [1.29, 1.82) is 0 Å². The van der Waals surface area contributed by atoms with E-state index in [2.05, 4.69) is 0 Å². The van der Waals surface area contributed by atoms with Gasteiger partial charge in [-0.1, -0.05) is 4.39 Å². The van der Waals surface area contributed by atoms with Gasteiger partial charge in [0.2, 0.25) is 0 Å². The third kappa shape index (κ3) is 4.06. The molecular weight excluding hydrogens is 532 g/mol. The molecule has 0 aromatic rings. The molecule has 23 heteroatoms. The van der Waals surface area contributed by atoms with Crippen molar-refractivity contribution >= 4 is 10.3 Å². The standard InChI is InChI=1S/C8HF18NO3S/c9-1(10,3(13,14)5(17,18)7(21,22)23)2(11,12)4(15,16)6(19,20)8(24,25)27-31(28,29)30-26/h27H. The lowest BCUT2D eigenvalue weighted by molar-refractivity contribution is -0.462. The topological polar surface area (TPSA) is 55.4 Å². The van der Waals surface area contributed by atoms with Crippen LogP contribution in [0.4, 0.5) is 79.2 Å². The van der Waals surface area contributed by atoms with E-state index in [1.54, 1.807) is 0 Å². The molecular formula is C8HF18NO3S. The summed E-state index contributed by atoms with van der Waals surface area (Å²) in [6.07, 6.45) is -7.90. The molecule has 0 aromatic heterocycles. The first kappa shape index (κ1) is 29.6. The molecule has 0 fully saturated rings. The van der Waals surface area contributed by atoms with Crippen LogP contribution < -0.4 is 4.72 Å². The number of hydrogen-bond acceptors (Lipinski definition) is 3. The van der Waals surface area contributed by atoms with Crippen LogP contribution in [-0.2, 0) is 14.7 Å². The molecule has 0 saturated carbocycles. The fourth-order valence-corrected chi connectivity index (χ4v) is 1.87. The summed E-state index contributed by atoms with van der Waals surface area (Å²) < 4.78 is 249. The Bertz CT molecular complexity index is 769. The summed E-state index contributed by atoms with van der Waals surface area (Å²) in [5.41, 5.74) is 0. The van der Waals surface area contributed by atoms with E-state index in [9.17, 15) is 87.6 Å². The Morgan fingerprint density at radius 2 is 0.742 bits per heavy atom. The maximum Gasteiger partial charge on any atom is 0.460 e. The van der Waals surface area contributed by atoms with Crippen LogP contribution in [-0.4, -0.2) is 56.2 Å². The molecule has 0 aliphatic carbocycles. The van der Waals surface area contributed by atoms with Crippen LogP contribution >= 0.6 is 0 Å². The highest BCUT2D eigenvalue weighted by Gasteiger charge is 2.95. The zero-order chi connectivity index (χ0) is 25.9. The molecule has 4 nitrogen and oxygen atoms in total. The molecule has 188 valence electrons. The second-order valence-electron chi connectivity index (χ2n) is 5.14.